The molecule has 47 heavy (non-hydrogen) atoms. The van der Waals surface area contributed by atoms with Gasteiger partial charge in [0, 0.05) is 47.3 Å². The van der Waals surface area contributed by atoms with E-state index in [2.05, 4.69) is 30.0 Å². The first-order valence-electron chi connectivity index (χ1n) is 15.5. The molecule has 0 aliphatic carbocycles. The van der Waals surface area contributed by atoms with Crippen molar-refractivity contribution >= 4 is 35.0 Å². The lowest BCUT2D eigenvalue weighted by Crippen LogP contribution is -2.13. The molecule has 0 aliphatic heterocycles. The quantitative estimate of drug-likeness (QED) is 0.0241. The maximum atomic E-state index is 10.6. The molecular formula is C28H58N8O9S2. The smallest absolute Gasteiger partial charge is 0.140 e. The summed E-state index contributed by atoms with van der Waals surface area (Å²) >= 11 is 3.47. The van der Waals surface area contributed by atoms with Gasteiger partial charge in [0.05, 0.1) is 91.6 Å². The maximum Gasteiger partial charge on any atom is 0.140 e. The molecule has 0 spiro atoms. The number of azide groups is 2. The number of Topliss-reactive ketones (excluding diaryl/α,β-unsaturated/α-hetero) is 1. The van der Waals surface area contributed by atoms with Crippen LogP contribution in [0.25, 0.3) is 20.9 Å². The van der Waals surface area contributed by atoms with Crippen LogP contribution in [0.4, 0.5) is 0 Å². The standard InChI is InChI=1S/C13H26N4O4S2.C8H18N4O4.C7H14O/c1-22-11-13(12-23-2)16-21-10-9-20-8-7-19-6-5-18-4-3-15-17-14;9-12-11-1-2-13-3-4-14-5-6-15-7-8-16-10;1-3-5-7(8)6-4-2/h3-12H2,1-2H3;1-8,10H2;3-6H2,1-2H3. The Hall–Kier alpha value is -1.86. The third-order valence-electron chi connectivity index (χ3n) is 4.82. The fraction of sp³-hybridized carbons (Fsp3) is 0.929. The number of thioether (sulfide) groups is 2. The van der Waals surface area contributed by atoms with Crippen LogP contribution in [0.5, 0.6) is 0 Å². The fourth-order valence-electron chi connectivity index (χ4n) is 2.83. The molecule has 0 heterocycles. The fourth-order valence-corrected chi connectivity index (χ4v) is 3.94. The molecular weight excluding hydrogens is 656 g/mol. The van der Waals surface area contributed by atoms with Gasteiger partial charge in [-0.2, -0.15) is 23.5 Å². The zero-order valence-corrected chi connectivity index (χ0v) is 30.4. The van der Waals surface area contributed by atoms with Crippen molar-refractivity contribution in [2.45, 2.75) is 39.5 Å². The molecule has 0 rings (SSSR count). The van der Waals surface area contributed by atoms with Crippen LogP contribution in [0.15, 0.2) is 15.4 Å². The lowest BCUT2D eigenvalue weighted by atomic mass is 10.1. The van der Waals surface area contributed by atoms with E-state index in [0.717, 1.165) is 42.9 Å². The second kappa shape index (κ2) is 48.5. The third kappa shape index (κ3) is 51.2. The summed E-state index contributed by atoms with van der Waals surface area (Å²) in [6.45, 7) is 11.3. The molecule has 0 aliphatic rings. The second-order valence-corrected chi connectivity index (χ2v) is 10.6. The Morgan fingerprint density at radius 1 is 0.617 bits per heavy atom. The van der Waals surface area contributed by atoms with Crippen LogP contribution in [0, 0.1) is 0 Å². The van der Waals surface area contributed by atoms with E-state index in [-0.39, 0.29) is 0 Å². The highest BCUT2D eigenvalue weighted by Crippen LogP contribution is 2.01. The van der Waals surface area contributed by atoms with Gasteiger partial charge in [-0.15, -0.1) is 0 Å². The first-order valence-corrected chi connectivity index (χ1v) is 18.3. The number of hydrogen-bond donors (Lipinski definition) is 1. The summed E-state index contributed by atoms with van der Waals surface area (Å²) in [5.74, 6) is 6.99. The molecule has 2 N–H and O–H groups in total. The summed E-state index contributed by atoms with van der Waals surface area (Å²) in [6.07, 6.45) is 7.63. The SMILES string of the molecule is CCCC(=O)CCC.CSCC(CSC)=NOCCOCCOCCOCCN=[N+]=[N-].[N-]=[N+]=NCCOCCOCCOCCON. The Labute approximate surface area is 288 Å². The van der Waals surface area contributed by atoms with E-state index >= 15 is 0 Å². The topological polar surface area (TPSA) is 227 Å². The maximum absolute atomic E-state index is 10.6. The van der Waals surface area contributed by atoms with Crippen LogP contribution in [0.2, 0.25) is 0 Å². The van der Waals surface area contributed by atoms with Crippen molar-refractivity contribution < 1.29 is 42.9 Å². The van der Waals surface area contributed by atoms with Gasteiger partial charge in [-0.3, -0.25) is 4.79 Å². The average molecular weight is 715 g/mol. The van der Waals surface area contributed by atoms with Crippen LogP contribution < -0.4 is 5.90 Å². The van der Waals surface area contributed by atoms with Gasteiger partial charge in [0.25, 0.3) is 0 Å². The van der Waals surface area contributed by atoms with Gasteiger partial charge < -0.3 is 38.1 Å². The zero-order valence-electron chi connectivity index (χ0n) is 28.8. The third-order valence-corrected chi connectivity index (χ3v) is 6.07. The molecule has 0 radical (unpaired) electrons. The normalized spacial score (nSPS) is 9.98. The number of oxime groups is 1. The van der Waals surface area contributed by atoms with Crippen LogP contribution in [-0.4, -0.2) is 141 Å². The molecule has 0 unspecified atom stereocenters. The number of ether oxygens (including phenoxy) is 6. The number of nitrogens with zero attached hydrogens (tertiary/aromatic N) is 7. The minimum absolute atomic E-state index is 0.345. The van der Waals surface area contributed by atoms with E-state index in [1.165, 1.54) is 0 Å². The lowest BCUT2D eigenvalue weighted by Gasteiger charge is -2.06. The van der Waals surface area contributed by atoms with Crippen LogP contribution in [-0.2, 0) is 42.9 Å². The lowest BCUT2D eigenvalue weighted by molar-refractivity contribution is -0.119. The highest BCUT2D eigenvalue weighted by molar-refractivity contribution is 8.00. The predicted octanol–water partition coefficient (Wildman–Crippen LogP) is 4.84. The molecule has 0 saturated carbocycles. The second-order valence-electron chi connectivity index (χ2n) is 8.85. The summed E-state index contributed by atoms with van der Waals surface area (Å²) in [6, 6.07) is 0. The van der Waals surface area contributed by atoms with Crippen molar-refractivity contribution in [1.29, 1.82) is 0 Å². The van der Waals surface area contributed by atoms with Gasteiger partial charge in [0.1, 0.15) is 12.4 Å². The molecule has 17 nitrogen and oxygen atoms in total. The molecule has 0 aromatic rings. The molecule has 0 bridgehead atoms. The highest BCUT2D eigenvalue weighted by atomic mass is 32.2. The number of hydrogen-bond acceptors (Lipinski definition) is 15. The predicted molar refractivity (Wildman–Crippen MR) is 188 cm³/mol. The summed E-state index contributed by atoms with van der Waals surface area (Å²) < 4.78 is 31.3. The molecule has 276 valence electrons. The molecule has 0 fully saturated rings. The first-order chi connectivity index (χ1) is 23.1. The number of nitrogens with two attached hydrogens (primary N) is 1. The van der Waals surface area contributed by atoms with Gasteiger partial charge in [-0.1, -0.05) is 29.2 Å². The molecule has 0 amide bonds. The monoisotopic (exact) mass is 714 g/mol. The number of carbonyl (C=O) groups excluding carboxylic acids is 1. The van der Waals surface area contributed by atoms with E-state index in [0.29, 0.717) is 111 Å². The van der Waals surface area contributed by atoms with Crippen LogP contribution in [0.1, 0.15) is 39.5 Å². The number of rotatable bonds is 33. The van der Waals surface area contributed by atoms with Gasteiger partial charge in [0.2, 0.25) is 0 Å². The zero-order chi connectivity index (χ0) is 35.3. The molecule has 0 saturated heterocycles. The number of ketones is 1. The number of carbonyl (C=O) groups is 1. The Bertz CT molecular complexity index is 764. The van der Waals surface area contributed by atoms with Crippen molar-refractivity contribution in [1.82, 2.24) is 0 Å². The van der Waals surface area contributed by atoms with E-state index in [4.69, 9.17) is 50.2 Å². The van der Waals surface area contributed by atoms with Crippen molar-refractivity contribution in [2.24, 2.45) is 21.3 Å². The van der Waals surface area contributed by atoms with Crippen LogP contribution >= 0.6 is 23.5 Å². The molecule has 0 aromatic carbocycles. The minimum Gasteiger partial charge on any atom is -0.393 e. The molecule has 19 heteroatoms. The Morgan fingerprint density at radius 3 is 1.32 bits per heavy atom. The van der Waals surface area contributed by atoms with E-state index < -0.39 is 0 Å². The first kappa shape index (κ1) is 49.5. The summed E-state index contributed by atoms with van der Waals surface area (Å²) in [7, 11) is 0. The van der Waals surface area contributed by atoms with E-state index in [9.17, 15) is 4.79 Å². The van der Waals surface area contributed by atoms with Crippen molar-refractivity contribution in [3.05, 3.63) is 20.9 Å². The van der Waals surface area contributed by atoms with Crippen molar-refractivity contribution in [3.63, 3.8) is 0 Å². The van der Waals surface area contributed by atoms with Gasteiger partial charge in [0.15, 0.2) is 0 Å². The van der Waals surface area contributed by atoms with Crippen molar-refractivity contribution in [3.8, 4) is 0 Å². The van der Waals surface area contributed by atoms with Crippen LogP contribution in [0.3, 0.4) is 0 Å². The average Bonchev–Trinajstić information content (AvgIpc) is 3.06. The van der Waals surface area contributed by atoms with Gasteiger partial charge in [-0.25, -0.2) is 5.90 Å². The van der Waals surface area contributed by atoms with E-state index in [1.807, 2.05) is 26.4 Å². The largest absolute Gasteiger partial charge is 0.393 e. The molecule has 0 atom stereocenters. The minimum atomic E-state index is 0.345. The van der Waals surface area contributed by atoms with Crippen molar-refractivity contribution in [2.75, 3.05) is 130 Å². The highest BCUT2D eigenvalue weighted by Gasteiger charge is 1.99. The van der Waals surface area contributed by atoms with E-state index in [1.54, 1.807) is 23.5 Å². The Kier molecular flexibility index (Phi) is 51.1. The summed E-state index contributed by atoms with van der Waals surface area (Å²) in [5, 5.41) is 10.8. The summed E-state index contributed by atoms with van der Waals surface area (Å²) in [5.41, 5.74) is 17.1. The van der Waals surface area contributed by atoms with Gasteiger partial charge in [-0.05, 0) is 36.4 Å². The Morgan fingerprint density at radius 2 is 0.979 bits per heavy atom. The Balaban J connectivity index is -0.000000695. The summed E-state index contributed by atoms with van der Waals surface area (Å²) in [4.78, 5) is 25.4. The molecule has 0 aromatic heterocycles. The van der Waals surface area contributed by atoms with Gasteiger partial charge >= 0.3 is 0 Å².